The highest BCUT2D eigenvalue weighted by molar-refractivity contribution is 6.06. The van der Waals surface area contributed by atoms with Gasteiger partial charge in [-0.2, -0.15) is 0 Å². The SMILES string of the molecule is CCC1(C)NC(=O)N(CC=C(C)C(=O)O)C1=O. The van der Waals surface area contributed by atoms with Gasteiger partial charge in [-0.05, 0) is 20.3 Å². The number of nitrogens with zero attached hydrogens (tertiary/aromatic N) is 1. The van der Waals surface area contributed by atoms with E-state index >= 15 is 0 Å². The van der Waals surface area contributed by atoms with Gasteiger partial charge in [-0.1, -0.05) is 13.0 Å². The zero-order valence-corrected chi connectivity index (χ0v) is 10.1. The van der Waals surface area contributed by atoms with Crippen molar-refractivity contribution in [2.24, 2.45) is 0 Å². The predicted molar refractivity (Wildman–Crippen MR) is 60.3 cm³/mol. The second-order valence-corrected chi connectivity index (χ2v) is 4.22. The standard InChI is InChI=1S/C11H16N2O4/c1-4-11(3)9(16)13(10(17)12-11)6-5-7(2)8(14)15/h5H,4,6H2,1-3H3,(H,12,17)(H,14,15). The van der Waals surface area contributed by atoms with Crippen LogP contribution in [0.2, 0.25) is 0 Å². The summed E-state index contributed by atoms with van der Waals surface area (Å²) in [5.41, 5.74) is -0.766. The molecule has 1 unspecified atom stereocenters. The second kappa shape index (κ2) is 4.57. The quantitative estimate of drug-likeness (QED) is 0.560. The van der Waals surface area contributed by atoms with E-state index in [0.717, 1.165) is 4.90 Å². The third-order valence-corrected chi connectivity index (χ3v) is 2.97. The maximum absolute atomic E-state index is 11.9. The van der Waals surface area contributed by atoms with Gasteiger partial charge in [-0.3, -0.25) is 9.69 Å². The molecular weight excluding hydrogens is 224 g/mol. The molecule has 1 heterocycles. The molecule has 0 aromatic rings. The van der Waals surface area contributed by atoms with Crippen LogP contribution in [0.25, 0.3) is 0 Å². The van der Waals surface area contributed by atoms with E-state index in [-0.39, 0.29) is 18.0 Å². The van der Waals surface area contributed by atoms with Crippen LogP contribution in [0.3, 0.4) is 0 Å². The Morgan fingerprint density at radius 2 is 2.12 bits per heavy atom. The Labute approximate surface area is 99.3 Å². The molecule has 1 atom stereocenters. The third-order valence-electron chi connectivity index (χ3n) is 2.97. The highest BCUT2D eigenvalue weighted by Gasteiger charge is 2.45. The largest absolute Gasteiger partial charge is 0.478 e. The summed E-state index contributed by atoms with van der Waals surface area (Å²) in [5, 5.41) is 11.3. The molecule has 2 N–H and O–H groups in total. The van der Waals surface area contributed by atoms with Crippen LogP contribution in [-0.2, 0) is 9.59 Å². The molecule has 0 bridgehead atoms. The molecule has 0 aromatic heterocycles. The van der Waals surface area contributed by atoms with Gasteiger partial charge >= 0.3 is 12.0 Å². The summed E-state index contributed by atoms with van der Waals surface area (Å²) in [5.74, 6) is -1.38. The lowest BCUT2D eigenvalue weighted by Crippen LogP contribution is -2.43. The molecule has 1 aliphatic heterocycles. The topological polar surface area (TPSA) is 86.7 Å². The summed E-state index contributed by atoms with van der Waals surface area (Å²) >= 11 is 0. The number of carboxylic acid groups (broad SMARTS) is 1. The zero-order valence-electron chi connectivity index (χ0n) is 10.1. The van der Waals surface area contributed by atoms with E-state index < -0.39 is 17.5 Å². The number of imide groups is 1. The van der Waals surface area contributed by atoms with Gasteiger partial charge in [0.25, 0.3) is 5.91 Å². The Morgan fingerprint density at radius 1 is 1.53 bits per heavy atom. The van der Waals surface area contributed by atoms with Crippen molar-refractivity contribution >= 4 is 17.9 Å². The minimum absolute atomic E-state index is 0.0155. The van der Waals surface area contributed by atoms with Crippen LogP contribution in [0.4, 0.5) is 4.79 Å². The Kier molecular flexibility index (Phi) is 3.55. The predicted octanol–water partition coefficient (Wildman–Crippen LogP) is 0.738. The number of aliphatic carboxylic acids is 1. The van der Waals surface area contributed by atoms with E-state index in [9.17, 15) is 14.4 Å². The summed E-state index contributed by atoms with van der Waals surface area (Å²) in [4.78, 5) is 35.1. The fraction of sp³-hybridized carbons (Fsp3) is 0.545. The van der Waals surface area contributed by atoms with Crippen molar-refractivity contribution in [1.82, 2.24) is 10.2 Å². The van der Waals surface area contributed by atoms with Gasteiger partial charge < -0.3 is 10.4 Å². The van der Waals surface area contributed by atoms with Crippen molar-refractivity contribution in [1.29, 1.82) is 0 Å². The van der Waals surface area contributed by atoms with Gasteiger partial charge in [0.1, 0.15) is 5.54 Å². The summed E-state index contributed by atoms with van der Waals surface area (Å²) in [6.07, 6.45) is 1.84. The minimum Gasteiger partial charge on any atom is -0.478 e. The van der Waals surface area contributed by atoms with E-state index in [2.05, 4.69) is 5.32 Å². The molecular formula is C11H16N2O4. The highest BCUT2D eigenvalue weighted by Crippen LogP contribution is 2.20. The monoisotopic (exact) mass is 240 g/mol. The molecule has 0 aromatic carbocycles. The second-order valence-electron chi connectivity index (χ2n) is 4.22. The van der Waals surface area contributed by atoms with E-state index in [1.54, 1.807) is 13.8 Å². The fourth-order valence-electron chi connectivity index (χ4n) is 1.47. The summed E-state index contributed by atoms with van der Waals surface area (Å²) in [6, 6.07) is -0.478. The third kappa shape index (κ3) is 2.46. The molecule has 6 heteroatoms. The minimum atomic E-state index is -1.06. The van der Waals surface area contributed by atoms with Crippen molar-refractivity contribution in [2.75, 3.05) is 6.54 Å². The number of nitrogens with one attached hydrogen (secondary N) is 1. The van der Waals surface area contributed by atoms with Gasteiger partial charge in [-0.15, -0.1) is 0 Å². The van der Waals surface area contributed by atoms with E-state index in [4.69, 9.17) is 5.11 Å². The first kappa shape index (κ1) is 13.2. The van der Waals surface area contributed by atoms with Crippen molar-refractivity contribution in [3.8, 4) is 0 Å². The number of hydrogen-bond acceptors (Lipinski definition) is 3. The normalized spacial score (nSPS) is 25.1. The molecule has 1 saturated heterocycles. The van der Waals surface area contributed by atoms with Crippen molar-refractivity contribution in [3.05, 3.63) is 11.6 Å². The molecule has 94 valence electrons. The van der Waals surface area contributed by atoms with Crippen molar-refractivity contribution < 1.29 is 19.5 Å². The smallest absolute Gasteiger partial charge is 0.331 e. The van der Waals surface area contributed by atoms with Crippen LogP contribution in [0.1, 0.15) is 27.2 Å². The van der Waals surface area contributed by atoms with Crippen LogP contribution in [0.15, 0.2) is 11.6 Å². The Bertz CT molecular complexity index is 402. The van der Waals surface area contributed by atoms with Gasteiger partial charge in [0.05, 0.1) is 0 Å². The Balaban J connectivity index is 2.81. The van der Waals surface area contributed by atoms with Crippen LogP contribution < -0.4 is 5.32 Å². The maximum Gasteiger partial charge on any atom is 0.331 e. The lowest BCUT2D eigenvalue weighted by Gasteiger charge is -2.18. The van der Waals surface area contributed by atoms with Crippen LogP contribution >= 0.6 is 0 Å². The van der Waals surface area contributed by atoms with Crippen molar-refractivity contribution in [2.45, 2.75) is 32.7 Å². The van der Waals surface area contributed by atoms with Gasteiger partial charge in [0.2, 0.25) is 0 Å². The number of amides is 3. The van der Waals surface area contributed by atoms with E-state index in [1.165, 1.54) is 13.0 Å². The first-order chi connectivity index (χ1) is 7.81. The van der Waals surface area contributed by atoms with Crippen LogP contribution in [0.5, 0.6) is 0 Å². The average molecular weight is 240 g/mol. The zero-order chi connectivity index (χ0) is 13.2. The van der Waals surface area contributed by atoms with Gasteiger partial charge in [0, 0.05) is 12.1 Å². The lowest BCUT2D eigenvalue weighted by atomic mass is 9.99. The molecule has 0 spiro atoms. The van der Waals surface area contributed by atoms with Crippen molar-refractivity contribution in [3.63, 3.8) is 0 Å². The molecule has 1 fully saturated rings. The van der Waals surface area contributed by atoms with Crippen LogP contribution in [0, 0.1) is 0 Å². The molecule has 17 heavy (non-hydrogen) atoms. The number of carboxylic acids is 1. The molecule has 0 saturated carbocycles. The van der Waals surface area contributed by atoms with Gasteiger partial charge in [-0.25, -0.2) is 9.59 Å². The van der Waals surface area contributed by atoms with Gasteiger partial charge in [0.15, 0.2) is 0 Å². The molecule has 0 radical (unpaired) electrons. The lowest BCUT2D eigenvalue weighted by molar-refractivity contribution is -0.133. The van der Waals surface area contributed by atoms with E-state index in [1.807, 2.05) is 0 Å². The number of urea groups is 1. The summed E-state index contributed by atoms with van der Waals surface area (Å²) < 4.78 is 0. The number of carbonyl (C=O) groups is 3. The first-order valence-electron chi connectivity index (χ1n) is 5.36. The molecule has 3 amide bonds. The first-order valence-corrected chi connectivity index (χ1v) is 5.36. The fourth-order valence-corrected chi connectivity index (χ4v) is 1.47. The summed E-state index contributed by atoms with van der Waals surface area (Å²) in [7, 11) is 0. The maximum atomic E-state index is 11.9. The number of rotatable bonds is 4. The molecule has 0 aliphatic carbocycles. The number of hydrogen-bond donors (Lipinski definition) is 2. The van der Waals surface area contributed by atoms with E-state index in [0.29, 0.717) is 6.42 Å². The molecule has 1 rings (SSSR count). The Morgan fingerprint density at radius 3 is 2.53 bits per heavy atom. The molecule has 6 nitrogen and oxygen atoms in total. The Hall–Kier alpha value is -1.85. The molecule has 1 aliphatic rings. The van der Waals surface area contributed by atoms with Crippen LogP contribution in [-0.4, -0.2) is 40.0 Å². The number of carbonyl (C=O) groups excluding carboxylic acids is 2. The summed E-state index contributed by atoms with van der Waals surface area (Å²) in [6.45, 7) is 4.86. The average Bonchev–Trinajstić information content (AvgIpc) is 2.48. The highest BCUT2D eigenvalue weighted by atomic mass is 16.4.